The molecular weight excluding hydrogens is 296 g/mol. The van der Waals surface area contributed by atoms with E-state index in [0.29, 0.717) is 0 Å². The highest BCUT2D eigenvalue weighted by Crippen LogP contribution is 2.46. The molecule has 0 bridgehead atoms. The molecule has 1 aliphatic heterocycles. The molecule has 0 saturated carbocycles. The summed E-state index contributed by atoms with van der Waals surface area (Å²) in [5, 5.41) is 0. The van der Waals surface area contributed by atoms with Crippen molar-refractivity contribution in [3.63, 3.8) is 0 Å². The van der Waals surface area contributed by atoms with Gasteiger partial charge in [0.05, 0.1) is 7.11 Å². The van der Waals surface area contributed by atoms with E-state index in [4.69, 9.17) is 14.2 Å². The normalized spacial score (nSPS) is 25.3. The highest BCUT2D eigenvalue weighted by molar-refractivity contribution is 5.79. The van der Waals surface area contributed by atoms with Gasteiger partial charge in [-0.05, 0) is 37.3 Å². The molecule has 1 aromatic carbocycles. The molecule has 0 spiro atoms. The topological polar surface area (TPSA) is 65.1 Å². The number of epoxide rings is 1. The van der Waals surface area contributed by atoms with Crippen LogP contribution in [0.15, 0.2) is 24.3 Å². The predicted molar refractivity (Wildman–Crippen MR) is 84.8 cm³/mol. The Labute approximate surface area is 136 Å². The molecule has 2 rings (SSSR count). The van der Waals surface area contributed by atoms with Gasteiger partial charge in [0.1, 0.15) is 11.7 Å². The fourth-order valence-corrected chi connectivity index (χ4v) is 2.70. The van der Waals surface area contributed by atoms with Crippen LogP contribution in [-0.2, 0) is 35.8 Å². The predicted octanol–water partition coefficient (Wildman–Crippen LogP) is 2.60. The van der Waals surface area contributed by atoms with Crippen molar-refractivity contribution in [2.75, 3.05) is 7.11 Å². The maximum atomic E-state index is 11.5. The monoisotopic (exact) mass is 320 g/mol. The Bertz CT molecular complexity index is 580. The van der Waals surface area contributed by atoms with Gasteiger partial charge < -0.3 is 14.2 Å². The van der Waals surface area contributed by atoms with Gasteiger partial charge in [0, 0.05) is 6.92 Å². The Balaban J connectivity index is 1.98. The zero-order chi connectivity index (χ0) is 17.2. The van der Waals surface area contributed by atoms with Crippen molar-refractivity contribution in [2.24, 2.45) is 5.92 Å². The van der Waals surface area contributed by atoms with Gasteiger partial charge in [-0.15, -0.1) is 0 Å². The minimum atomic E-state index is -0.595. The molecule has 0 radical (unpaired) electrons. The Morgan fingerprint density at radius 2 is 1.87 bits per heavy atom. The Kier molecular flexibility index (Phi) is 5.09. The SMILES string of the molecule is COC(=O)C1OC1(C)c1ccc(CC(C)C(C)OC(C)=O)cc1. The van der Waals surface area contributed by atoms with Crippen molar-refractivity contribution in [1.29, 1.82) is 0 Å². The van der Waals surface area contributed by atoms with Crippen LogP contribution in [0, 0.1) is 5.92 Å². The molecule has 0 N–H and O–H groups in total. The first kappa shape index (κ1) is 17.5. The number of carbonyl (C=O) groups excluding carboxylic acids is 2. The van der Waals surface area contributed by atoms with E-state index in [1.807, 2.05) is 38.1 Å². The standard InChI is InChI=1S/C18H24O5/c1-11(12(2)22-13(3)19)10-14-6-8-15(9-7-14)18(4)16(23-18)17(20)21-5/h6-9,11-12,16H,10H2,1-5H3. The summed E-state index contributed by atoms with van der Waals surface area (Å²) in [4.78, 5) is 22.6. The number of benzene rings is 1. The minimum absolute atomic E-state index is 0.125. The third-order valence-electron chi connectivity index (χ3n) is 4.46. The average Bonchev–Trinajstić information content (AvgIpc) is 3.19. The van der Waals surface area contributed by atoms with Crippen LogP contribution < -0.4 is 0 Å². The van der Waals surface area contributed by atoms with Crippen molar-refractivity contribution >= 4 is 11.9 Å². The van der Waals surface area contributed by atoms with Crippen LogP contribution in [0.25, 0.3) is 0 Å². The summed E-state index contributed by atoms with van der Waals surface area (Å²) in [5.41, 5.74) is 1.51. The highest BCUT2D eigenvalue weighted by atomic mass is 16.6. The van der Waals surface area contributed by atoms with E-state index in [9.17, 15) is 9.59 Å². The molecule has 126 valence electrons. The van der Waals surface area contributed by atoms with Gasteiger partial charge in [-0.1, -0.05) is 31.2 Å². The number of ether oxygens (including phenoxy) is 3. The average molecular weight is 320 g/mol. The van der Waals surface area contributed by atoms with Crippen LogP contribution in [-0.4, -0.2) is 31.3 Å². The molecule has 0 amide bonds. The first-order valence-electron chi connectivity index (χ1n) is 7.80. The zero-order valence-electron chi connectivity index (χ0n) is 14.3. The fraction of sp³-hybridized carbons (Fsp3) is 0.556. The Hall–Kier alpha value is -1.88. The van der Waals surface area contributed by atoms with Gasteiger partial charge in [0.25, 0.3) is 0 Å². The molecule has 1 saturated heterocycles. The first-order chi connectivity index (χ1) is 10.8. The summed E-state index contributed by atoms with van der Waals surface area (Å²) in [6.07, 6.45) is 0.161. The maximum absolute atomic E-state index is 11.5. The summed E-state index contributed by atoms with van der Waals surface area (Å²) in [6, 6.07) is 7.99. The summed E-state index contributed by atoms with van der Waals surface area (Å²) in [6.45, 7) is 7.27. The maximum Gasteiger partial charge on any atom is 0.338 e. The molecule has 1 aromatic rings. The Morgan fingerprint density at radius 1 is 1.26 bits per heavy atom. The molecule has 4 unspecified atom stereocenters. The lowest BCUT2D eigenvalue weighted by Crippen LogP contribution is -2.22. The van der Waals surface area contributed by atoms with Crippen LogP contribution in [0.5, 0.6) is 0 Å². The summed E-state index contributed by atoms with van der Waals surface area (Å²) >= 11 is 0. The van der Waals surface area contributed by atoms with E-state index in [1.54, 1.807) is 0 Å². The lowest BCUT2D eigenvalue weighted by Gasteiger charge is -2.20. The van der Waals surface area contributed by atoms with Gasteiger partial charge in [-0.25, -0.2) is 4.79 Å². The van der Waals surface area contributed by atoms with Crippen LogP contribution in [0.3, 0.4) is 0 Å². The van der Waals surface area contributed by atoms with E-state index < -0.39 is 11.7 Å². The van der Waals surface area contributed by atoms with Crippen LogP contribution >= 0.6 is 0 Å². The van der Waals surface area contributed by atoms with E-state index in [-0.39, 0.29) is 24.0 Å². The molecule has 23 heavy (non-hydrogen) atoms. The zero-order valence-corrected chi connectivity index (χ0v) is 14.3. The van der Waals surface area contributed by atoms with Crippen molar-refractivity contribution < 1.29 is 23.8 Å². The van der Waals surface area contributed by atoms with Crippen LogP contribution in [0.1, 0.15) is 38.8 Å². The molecular formula is C18H24O5. The molecule has 0 aliphatic carbocycles. The number of methoxy groups -OCH3 is 1. The van der Waals surface area contributed by atoms with E-state index in [1.165, 1.54) is 14.0 Å². The quantitative estimate of drug-likeness (QED) is 0.595. The van der Waals surface area contributed by atoms with E-state index >= 15 is 0 Å². The largest absolute Gasteiger partial charge is 0.467 e. The molecule has 5 nitrogen and oxygen atoms in total. The molecule has 4 atom stereocenters. The van der Waals surface area contributed by atoms with Gasteiger partial charge in [0.15, 0.2) is 6.10 Å². The second kappa shape index (κ2) is 6.71. The van der Waals surface area contributed by atoms with Crippen molar-refractivity contribution in [1.82, 2.24) is 0 Å². The lowest BCUT2D eigenvalue weighted by atomic mass is 9.92. The van der Waals surface area contributed by atoms with Gasteiger partial charge in [0.2, 0.25) is 0 Å². The summed E-state index contributed by atoms with van der Waals surface area (Å²) in [7, 11) is 1.36. The van der Waals surface area contributed by atoms with Crippen molar-refractivity contribution in [2.45, 2.75) is 51.9 Å². The smallest absolute Gasteiger partial charge is 0.338 e. The van der Waals surface area contributed by atoms with Gasteiger partial charge in [-0.3, -0.25) is 4.79 Å². The highest BCUT2D eigenvalue weighted by Gasteiger charge is 2.59. The van der Waals surface area contributed by atoms with E-state index in [2.05, 4.69) is 6.92 Å². The second-order valence-electron chi connectivity index (χ2n) is 6.32. The van der Waals surface area contributed by atoms with Crippen molar-refractivity contribution in [3.05, 3.63) is 35.4 Å². The van der Waals surface area contributed by atoms with Crippen molar-refractivity contribution in [3.8, 4) is 0 Å². The number of carbonyl (C=O) groups is 2. The summed E-state index contributed by atoms with van der Waals surface area (Å²) in [5.74, 6) is -0.381. The Morgan fingerprint density at radius 3 is 2.39 bits per heavy atom. The molecule has 1 fully saturated rings. The molecule has 5 heteroatoms. The number of hydrogen-bond donors (Lipinski definition) is 0. The second-order valence-corrected chi connectivity index (χ2v) is 6.32. The fourth-order valence-electron chi connectivity index (χ4n) is 2.70. The number of rotatable bonds is 6. The van der Waals surface area contributed by atoms with Gasteiger partial charge in [-0.2, -0.15) is 0 Å². The number of hydrogen-bond acceptors (Lipinski definition) is 5. The third kappa shape index (κ3) is 3.91. The van der Waals surface area contributed by atoms with Crippen LogP contribution in [0.4, 0.5) is 0 Å². The lowest BCUT2D eigenvalue weighted by molar-refractivity contribution is -0.147. The first-order valence-corrected chi connectivity index (χ1v) is 7.80. The third-order valence-corrected chi connectivity index (χ3v) is 4.46. The van der Waals surface area contributed by atoms with E-state index in [0.717, 1.165) is 17.5 Å². The molecule has 0 aromatic heterocycles. The molecule has 1 aliphatic rings. The molecule has 1 heterocycles. The van der Waals surface area contributed by atoms with Crippen LogP contribution in [0.2, 0.25) is 0 Å². The summed E-state index contributed by atoms with van der Waals surface area (Å²) < 4.78 is 15.4. The van der Waals surface area contributed by atoms with Gasteiger partial charge >= 0.3 is 11.9 Å². The number of esters is 2. The minimum Gasteiger partial charge on any atom is -0.467 e.